The van der Waals surface area contributed by atoms with Gasteiger partial charge in [-0.05, 0) is 55.3 Å². The molecule has 0 aliphatic carbocycles. The fourth-order valence-corrected chi connectivity index (χ4v) is 8.46. The van der Waals surface area contributed by atoms with E-state index in [1.54, 1.807) is 17.5 Å². The van der Waals surface area contributed by atoms with E-state index in [1.807, 2.05) is 0 Å². The van der Waals surface area contributed by atoms with Crippen LogP contribution in [0.1, 0.15) is 48.2 Å². The second-order valence-corrected chi connectivity index (χ2v) is 12.8. The van der Waals surface area contributed by atoms with Gasteiger partial charge in [-0.2, -0.15) is 8.61 Å². The molecule has 4 rings (SSSR count). The average molecular weight is 498 g/mol. The van der Waals surface area contributed by atoms with Crippen molar-refractivity contribution in [2.75, 3.05) is 31.5 Å². The minimum Gasteiger partial charge on any atom is -0.321 e. The number of sulfonamides is 2. The number of hydrogen-bond acceptors (Lipinski definition) is 6. The quantitative estimate of drug-likeness (QED) is 0.659. The van der Waals surface area contributed by atoms with E-state index in [9.17, 15) is 21.6 Å². The molecular formula is C21H27N3O5S3. The molecule has 2 aliphatic heterocycles. The Kier molecular flexibility index (Phi) is 7.01. The molecule has 174 valence electrons. The van der Waals surface area contributed by atoms with Crippen molar-refractivity contribution in [3.63, 3.8) is 0 Å². The van der Waals surface area contributed by atoms with Gasteiger partial charge in [0.25, 0.3) is 5.91 Å². The molecule has 2 fully saturated rings. The number of carbonyl (C=O) groups is 1. The molecular weight excluding hydrogens is 470 g/mol. The molecule has 1 aromatic carbocycles. The van der Waals surface area contributed by atoms with Crippen molar-refractivity contribution in [2.45, 2.75) is 48.3 Å². The molecule has 11 heteroatoms. The van der Waals surface area contributed by atoms with Gasteiger partial charge in [0.15, 0.2) is 0 Å². The summed E-state index contributed by atoms with van der Waals surface area (Å²) in [5.41, 5.74) is 0.309. The van der Waals surface area contributed by atoms with Crippen LogP contribution in [0, 0.1) is 0 Å². The highest BCUT2D eigenvalue weighted by Crippen LogP contribution is 2.29. The third kappa shape index (κ3) is 4.76. The van der Waals surface area contributed by atoms with Gasteiger partial charge in [0.2, 0.25) is 20.0 Å². The number of nitrogens with one attached hydrogen (secondary N) is 1. The van der Waals surface area contributed by atoms with Crippen LogP contribution >= 0.6 is 11.3 Å². The summed E-state index contributed by atoms with van der Waals surface area (Å²) in [5, 5.41) is 4.26. The Bertz CT molecular complexity index is 1180. The summed E-state index contributed by atoms with van der Waals surface area (Å²) < 4.78 is 54.9. The second kappa shape index (κ2) is 9.60. The Morgan fingerprint density at radius 2 is 1.41 bits per heavy atom. The van der Waals surface area contributed by atoms with Crippen molar-refractivity contribution in [2.24, 2.45) is 0 Å². The number of carbonyl (C=O) groups excluding carboxylic acids is 1. The number of rotatable bonds is 6. The van der Waals surface area contributed by atoms with Crippen LogP contribution in [0.5, 0.6) is 0 Å². The molecule has 0 atom stereocenters. The largest absolute Gasteiger partial charge is 0.321 e. The molecule has 0 radical (unpaired) electrons. The summed E-state index contributed by atoms with van der Waals surface area (Å²) in [4.78, 5) is 13.1. The van der Waals surface area contributed by atoms with Crippen LogP contribution in [-0.4, -0.2) is 57.5 Å². The number of benzene rings is 1. The van der Waals surface area contributed by atoms with Gasteiger partial charge < -0.3 is 5.32 Å². The lowest BCUT2D eigenvalue weighted by Gasteiger charge is -2.20. The third-order valence-electron chi connectivity index (χ3n) is 5.81. The normalized spacial score (nSPS) is 19.0. The van der Waals surface area contributed by atoms with Gasteiger partial charge in [-0.25, -0.2) is 16.8 Å². The molecule has 0 unspecified atom stereocenters. The van der Waals surface area contributed by atoms with Crippen LogP contribution in [0.25, 0.3) is 0 Å². The summed E-state index contributed by atoms with van der Waals surface area (Å²) in [5.74, 6) is -0.568. The average Bonchev–Trinajstić information content (AvgIpc) is 3.42. The highest BCUT2D eigenvalue weighted by molar-refractivity contribution is 7.89. The van der Waals surface area contributed by atoms with Gasteiger partial charge >= 0.3 is 0 Å². The van der Waals surface area contributed by atoms with E-state index in [4.69, 9.17) is 0 Å². The Labute approximate surface area is 193 Å². The number of thiophene rings is 1. The van der Waals surface area contributed by atoms with Crippen molar-refractivity contribution in [1.29, 1.82) is 0 Å². The molecule has 8 nitrogen and oxygen atoms in total. The van der Waals surface area contributed by atoms with Crippen molar-refractivity contribution < 1.29 is 21.6 Å². The van der Waals surface area contributed by atoms with E-state index in [-0.39, 0.29) is 14.7 Å². The lowest BCUT2D eigenvalue weighted by atomic mass is 10.2. The summed E-state index contributed by atoms with van der Waals surface area (Å²) in [7, 11) is -7.39. The minimum atomic E-state index is -3.73. The SMILES string of the molecule is O=C(Nc1cccc(S(=O)(=O)N2CCCCCC2)c1)c1sccc1S(=O)(=O)N1CCCC1. The summed E-state index contributed by atoms with van der Waals surface area (Å²) in [6.45, 7) is 1.89. The highest BCUT2D eigenvalue weighted by Gasteiger charge is 2.32. The Hall–Kier alpha value is -1.79. The van der Waals surface area contributed by atoms with E-state index in [2.05, 4.69) is 5.32 Å². The molecule has 3 heterocycles. The lowest BCUT2D eigenvalue weighted by molar-refractivity contribution is 0.102. The molecule has 1 amide bonds. The predicted molar refractivity (Wildman–Crippen MR) is 124 cm³/mol. The molecule has 1 aromatic heterocycles. The summed E-state index contributed by atoms with van der Waals surface area (Å²) >= 11 is 1.05. The zero-order valence-corrected chi connectivity index (χ0v) is 20.1. The van der Waals surface area contributed by atoms with E-state index < -0.39 is 26.0 Å². The second-order valence-electron chi connectivity index (χ2n) is 8.03. The molecule has 1 N–H and O–H groups in total. The van der Waals surface area contributed by atoms with E-state index in [0.717, 1.165) is 49.9 Å². The number of hydrogen-bond donors (Lipinski definition) is 1. The van der Waals surface area contributed by atoms with Crippen LogP contribution in [-0.2, 0) is 20.0 Å². The van der Waals surface area contributed by atoms with Crippen LogP contribution in [0.2, 0.25) is 0 Å². The van der Waals surface area contributed by atoms with Gasteiger partial charge in [0.1, 0.15) is 9.77 Å². The Balaban J connectivity index is 1.55. The van der Waals surface area contributed by atoms with Crippen LogP contribution in [0.15, 0.2) is 45.5 Å². The first kappa shape index (κ1) is 23.4. The Morgan fingerprint density at radius 3 is 2.06 bits per heavy atom. The highest BCUT2D eigenvalue weighted by atomic mass is 32.2. The maximum Gasteiger partial charge on any atom is 0.267 e. The van der Waals surface area contributed by atoms with E-state index in [0.29, 0.717) is 31.9 Å². The van der Waals surface area contributed by atoms with Crippen LogP contribution < -0.4 is 5.32 Å². The van der Waals surface area contributed by atoms with E-state index in [1.165, 1.54) is 26.8 Å². The molecule has 2 aliphatic rings. The van der Waals surface area contributed by atoms with Crippen molar-refractivity contribution in [1.82, 2.24) is 8.61 Å². The zero-order valence-electron chi connectivity index (χ0n) is 17.7. The van der Waals surface area contributed by atoms with Gasteiger partial charge in [-0.3, -0.25) is 4.79 Å². The first-order valence-electron chi connectivity index (χ1n) is 10.8. The molecule has 32 heavy (non-hydrogen) atoms. The fourth-order valence-electron chi connectivity index (χ4n) is 4.09. The lowest BCUT2D eigenvalue weighted by Crippen LogP contribution is -2.32. The van der Waals surface area contributed by atoms with Gasteiger partial charge in [0, 0.05) is 31.9 Å². The third-order valence-corrected chi connectivity index (χ3v) is 10.7. The van der Waals surface area contributed by atoms with Crippen molar-refractivity contribution >= 4 is 43.0 Å². The standard InChI is InChI=1S/C21H27N3O5S3/c25-21(20-19(10-15-30-20)32(28,29)24-13-5-6-14-24)22-17-8-7-9-18(16-17)31(26,27)23-11-3-1-2-4-12-23/h7-10,15-16H,1-6,11-14H2,(H,22,25). The van der Waals surface area contributed by atoms with Gasteiger partial charge in [-0.15, -0.1) is 11.3 Å². The Morgan fingerprint density at radius 1 is 0.812 bits per heavy atom. The molecule has 0 spiro atoms. The maximum absolute atomic E-state index is 13.1. The summed E-state index contributed by atoms with van der Waals surface area (Å²) in [6, 6.07) is 7.58. The smallest absolute Gasteiger partial charge is 0.267 e. The van der Waals surface area contributed by atoms with Crippen molar-refractivity contribution in [3.8, 4) is 0 Å². The summed E-state index contributed by atoms with van der Waals surface area (Å²) in [6.07, 6.45) is 5.33. The predicted octanol–water partition coefficient (Wildman–Crippen LogP) is 3.35. The molecule has 2 saturated heterocycles. The topological polar surface area (TPSA) is 104 Å². The molecule has 0 bridgehead atoms. The molecule has 2 aromatic rings. The first-order valence-corrected chi connectivity index (χ1v) is 14.6. The van der Waals surface area contributed by atoms with Gasteiger partial charge in [-0.1, -0.05) is 18.9 Å². The number of nitrogens with zero attached hydrogens (tertiary/aromatic N) is 2. The molecule has 0 saturated carbocycles. The van der Waals surface area contributed by atoms with Crippen LogP contribution in [0.3, 0.4) is 0 Å². The monoisotopic (exact) mass is 497 g/mol. The number of amides is 1. The maximum atomic E-state index is 13.1. The minimum absolute atomic E-state index is 0.00440. The van der Waals surface area contributed by atoms with Gasteiger partial charge in [0.05, 0.1) is 4.90 Å². The zero-order chi connectivity index (χ0) is 22.8. The van der Waals surface area contributed by atoms with Crippen LogP contribution in [0.4, 0.5) is 5.69 Å². The van der Waals surface area contributed by atoms with E-state index >= 15 is 0 Å². The first-order chi connectivity index (χ1) is 15.3. The van der Waals surface area contributed by atoms with Crippen molar-refractivity contribution in [3.05, 3.63) is 40.6 Å². The fraction of sp³-hybridized carbons (Fsp3) is 0.476. The number of anilines is 1.